The van der Waals surface area contributed by atoms with Crippen LogP contribution in [0.5, 0.6) is 5.75 Å². The summed E-state index contributed by atoms with van der Waals surface area (Å²) in [6, 6.07) is 3.84. The zero-order valence-corrected chi connectivity index (χ0v) is 11.2. The summed E-state index contributed by atoms with van der Waals surface area (Å²) in [7, 11) is 1.63. The van der Waals surface area contributed by atoms with E-state index in [4.69, 9.17) is 10.00 Å². The average molecular weight is 260 g/mol. The van der Waals surface area contributed by atoms with Crippen LogP contribution < -0.4 is 9.61 Å². The Morgan fingerprint density at radius 3 is 2.44 bits per heavy atom. The monoisotopic (exact) mass is 260 g/mol. The number of rotatable bonds is 2. The standard InChI is InChI=1S/C13H12N2O2S/c1-8-4-10(5-9(2)12(8)17-3)11-6-18-13(16)15(11)7-14/h4-6H,1-3H3. The summed E-state index contributed by atoms with van der Waals surface area (Å²) in [5.74, 6) is 0.833. The molecule has 2 aromatic rings. The average Bonchev–Trinajstić information content (AvgIpc) is 2.69. The van der Waals surface area contributed by atoms with Crippen molar-refractivity contribution in [3.8, 4) is 23.2 Å². The van der Waals surface area contributed by atoms with E-state index in [0.29, 0.717) is 5.69 Å². The van der Waals surface area contributed by atoms with E-state index in [1.807, 2.05) is 32.2 Å². The fourth-order valence-electron chi connectivity index (χ4n) is 2.02. The van der Waals surface area contributed by atoms with E-state index in [0.717, 1.165) is 38.3 Å². The van der Waals surface area contributed by atoms with Gasteiger partial charge in [0.05, 0.1) is 12.8 Å². The Balaban J connectivity index is 2.66. The Morgan fingerprint density at radius 2 is 1.94 bits per heavy atom. The molecule has 0 bridgehead atoms. The van der Waals surface area contributed by atoms with Gasteiger partial charge in [0.15, 0.2) is 6.19 Å². The fraction of sp³-hybridized carbons (Fsp3) is 0.231. The summed E-state index contributed by atoms with van der Waals surface area (Å²) in [6.45, 7) is 3.88. The lowest BCUT2D eigenvalue weighted by molar-refractivity contribution is 0.408. The molecule has 0 aliphatic carbocycles. The number of nitriles is 1. The lowest BCUT2D eigenvalue weighted by Gasteiger charge is -2.10. The van der Waals surface area contributed by atoms with Gasteiger partial charge in [-0.3, -0.25) is 4.79 Å². The molecule has 0 saturated carbocycles. The van der Waals surface area contributed by atoms with Gasteiger partial charge in [-0.25, -0.2) is 4.57 Å². The SMILES string of the molecule is COc1c(C)cc(-c2csc(=O)n2C#N)cc1C. The van der Waals surface area contributed by atoms with Gasteiger partial charge < -0.3 is 4.74 Å². The highest BCUT2D eigenvalue weighted by molar-refractivity contribution is 7.07. The Bertz CT molecular complexity index is 669. The molecule has 1 aromatic heterocycles. The van der Waals surface area contributed by atoms with Crippen LogP contribution in [0.4, 0.5) is 0 Å². The molecule has 0 saturated heterocycles. The lowest BCUT2D eigenvalue weighted by Crippen LogP contribution is -2.08. The molecule has 92 valence electrons. The number of aromatic nitrogens is 1. The van der Waals surface area contributed by atoms with Crippen LogP contribution in [0.1, 0.15) is 11.1 Å². The van der Waals surface area contributed by atoms with E-state index in [9.17, 15) is 4.79 Å². The van der Waals surface area contributed by atoms with Crippen LogP contribution in [-0.4, -0.2) is 11.7 Å². The van der Waals surface area contributed by atoms with Gasteiger partial charge in [0.2, 0.25) is 0 Å². The van der Waals surface area contributed by atoms with Crippen LogP contribution in [0, 0.1) is 25.3 Å². The molecular formula is C13H12N2O2S. The van der Waals surface area contributed by atoms with Crippen molar-refractivity contribution in [2.45, 2.75) is 13.8 Å². The van der Waals surface area contributed by atoms with E-state index in [1.165, 1.54) is 0 Å². The zero-order valence-electron chi connectivity index (χ0n) is 10.4. The maximum atomic E-state index is 11.5. The molecule has 0 atom stereocenters. The van der Waals surface area contributed by atoms with Gasteiger partial charge in [-0.2, -0.15) is 5.26 Å². The Labute approximate surface area is 109 Å². The summed E-state index contributed by atoms with van der Waals surface area (Å²) in [5.41, 5.74) is 3.44. The second-order valence-corrected chi connectivity index (χ2v) is 4.79. The highest BCUT2D eigenvalue weighted by Crippen LogP contribution is 2.29. The van der Waals surface area contributed by atoms with E-state index < -0.39 is 0 Å². The fourth-order valence-corrected chi connectivity index (χ4v) is 2.72. The first kappa shape index (κ1) is 12.4. The third kappa shape index (κ3) is 1.91. The highest BCUT2D eigenvalue weighted by Gasteiger charge is 2.12. The molecule has 1 aromatic carbocycles. The second-order valence-electron chi connectivity index (χ2n) is 3.97. The quantitative estimate of drug-likeness (QED) is 0.833. The molecule has 0 spiro atoms. The van der Waals surface area contributed by atoms with Gasteiger partial charge in [-0.1, -0.05) is 11.3 Å². The first-order valence-electron chi connectivity index (χ1n) is 5.34. The summed E-state index contributed by atoms with van der Waals surface area (Å²) < 4.78 is 6.40. The van der Waals surface area contributed by atoms with Crippen LogP contribution in [0.3, 0.4) is 0 Å². The van der Waals surface area contributed by atoms with Crippen molar-refractivity contribution < 1.29 is 4.74 Å². The molecule has 1 heterocycles. The maximum absolute atomic E-state index is 11.5. The van der Waals surface area contributed by atoms with Gasteiger partial charge in [0.1, 0.15) is 5.75 Å². The van der Waals surface area contributed by atoms with Crippen molar-refractivity contribution in [3.63, 3.8) is 0 Å². The molecule has 0 unspecified atom stereocenters. The summed E-state index contributed by atoms with van der Waals surface area (Å²) in [4.78, 5) is 11.2. The molecule has 2 rings (SSSR count). The molecular weight excluding hydrogens is 248 g/mol. The minimum atomic E-state index is -0.265. The topological polar surface area (TPSA) is 55.0 Å². The van der Waals surface area contributed by atoms with E-state index in [-0.39, 0.29) is 4.87 Å². The predicted molar refractivity (Wildman–Crippen MR) is 71.1 cm³/mol. The predicted octanol–water partition coefficient (Wildman–Crippen LogP) is 2.53. The van der Waals surface area contributed by atoms with Crippen molar-refractivity contribution in [1.82, 2.24) is 4.57 Å². The van der Waals surface area contributed by atoms with E-state index in [2.05, 4.69) is 0 Å². The normalized spacial score (nSPS) is 10.1. The number of thiazole rings is 1. The summed E-state index contributed by atoms with van der Waals surface area (Å²) in [6.07, 6.45) is 1.89. The van der Waals surface area contributed by atoms with Crippen molar-refractivity contribution in [2.24, 2.45) is 0 Å². The van der Waals surface area contributed by atoms with Gasteiger partial charge in [-0.15, -0.1) is 0 Å². The number of nitrogens with zero attached hydrogens (tertiary/aromatic N) is 2. The number of ether oxygens (including phenoxy) is 1. The number of methoxy groups -OCH3 is 1. The zero-order chi connectivity index (χ0) is 13.3. The minimum Gasteiger partial charge on any atom is -0.496 e. The number of hydrogen-bond acceptors (Lipinski definition) is 4. The van der Waals surface area contributed by atoms with Crippen LogP contribution in [0.25, 0.3) is 11.3 Å². The Hall–Kier alpha value is -2.06. The van der Waals surface area contributed by atoms with Gasteiger partial charge in [-0.05, 0) is 37.1 Å². The van der Waals surface area contributed by atoms with Crippen molar-refractivity contribution >= 4 is 11.3 Å². The second kappa shape index (κ2) is 4.67. The van der Waals surface area contributed by atoms with Crippen LogP contribution in [-0.2, 0) is 0 Å². The molecule has 0 amide bonds. The molecule has 4 nitrogen and oxygen atoms in total. The molecule has 0 N–H and O–H groups in total. The molecule has 5 heteroatoms. The molecule has 0 aliphatic heterocycles. The summed E-state index contributed by atoms with van der Waals surface area (Å²) in [5, 5.41) is 10.7. The van der Waals surface area contributed by atoms with Crippen molar-refractivity contribution in [1.29, 1.82) is 5.26 Å². The number of benzene rings is 1. The molecule has 18 heavy (non-hydrogen) atoms. The van der Waals surface area contributed by atoms with Crippen molar-refractivity contribution in [3.05, 3.63) is 38.3 Å². The molecule has 0 aliphatic rings. The number of hydrogen-bond donors (Lipinski definition) is 0. The first-order chi connectivity index (χ1) is 8.58. The highest BCUT2D eigenvalue weighted by atomic mass is 32.1. The third-order valence-corrected chi connectivity index (χ3v) is 3.48. The van der Waals surface area contributed by atoms with E-state index >= 15 is 0 Å². The van der Waals surface area contributed by atoms with Gasteiger partial charge in [0.25, 0.3) is 0 Å². The van der Waals surface area contributed by atoms with Crippen molar-refractivity contribution in [2.75, 3.05) is 7.11 Å². The van der Waals surface area contributed by atoms with Crippen LogP contribution in [0.2, 0.25) is 0 Å². The minimum absolute atomic E-state index is 0.265. The maximum Gasteiger partial charge on any atom is 0.320 e. The molecule has 0 radical (unpaired) electrons. The third-order valence-electron chi connectivity index (χ3n) is 2.76. The Kier molecular flexibility index (Phi) is 3.21. The Morgan fingerprint density at radius 1 is 1.33 bits per heavy atom. The van der Waals surface area contributed by atoms with Gasteiger partial charge >= 0.3 is 4.87 Å². The first-order valence-corrected chi connectivity index (χ1v) is 6.22. The smallest absolute Gasteiger partial charge is 0.320 e. The number of aryl methyl sites for hydroxylation is 2. The van der Waals surface area contributed by atoms with Gasteiger partial charge in [0, 0.05) is 10.9 Å². The molecule has 0 fully saturated rings. The lowest BCUT2D eigenvalue weighted by atomic mass is 10.0. The summed E-state index contributed by atoms with van der Waals surface area (Å²) >= 11 is 1.03. The largest absolute Gasteiger partial charge is 0.496 e. The van der Waals surface area contributed by atoms with Crippen LogP contribution in [0.15, 0.2) is 22.3 Å². The van der Waals surface area contributed by atoms with E-state index in [1.54, 1.807) is 12.5 Å². The van der Waals surface area contributed by atoms with Crippen LogP contribution >= 0.6 is 11.3 Å².